The lowest BCUT2D eigenvalue weighted by atomic mass is 10.1. The third-order valence-corrected chi connectivity index (χ3v) is 2.86. The summed E-state index contributed by atoms with van der Waals surface area (Å²) < 4.78 is 5.50. The van der Waals surface area contributed by atoms with Crippen LogP contribution < -0.4 is 4.74 Å². The molecule has 1 rings (SSSR count). The van der Waals surface area contributed by atoms with Crippen molar-refractivity contribution >= 4 is 23.2 Å². The highest BCUT2D eigenvalue weighted by molar-refractivity contribution is 6.34. The lowest BCUT2D eigenvalue weighted by Gasteiger charge is -2.10. The molecule has 0 radical (unpaired) electrons. The van der Waals surface area contributed by atoms with Gasteiger partial charge in [-0.05, 0) is 31.1 Å². The van der Waals surface area contributed by atoms with Crippen LogP contribution in [0.3, 0.4) is 0 Å². The van der Waals surface area contributed by atoms with Crippen LogP contribution in [0.25, 0.3) is 0 Å². The summed E-state index contributed by atoms with van der Waals surface area (Å²) in [5, 5.41) is 1.24. The quantitative estimate of drug-likeness (QED) is 0.513. The summed E-state index contributed by atoms with van der Waals surface area (Å²) in [5.41, 5.74) is 1.04. The van der Waals surface area contributed by atoms with Crippen LogP contribution in [0.5, 0.6) is 5.75 Å². The van der Waals surface area contributed by atoms with Gasteiger partial charge < -0.3 is 4.74 Å². The molecule has 0 saturated heterocycles. The van der Waals surface area contributed by atoms with E-state index in [4.69, 9.17) is 27.9 Å². The lowest BCUT2D eigenvalue weighted by Crippen LogP contribution is -1.93. The van der Waals surface area contributed by atoms with E-state index < -0.39 is 0 Å². The second-order valence-electron chi connectivity index (χ2n) is 3.69. The third-order valence-electron chi connectivity index (χ3n) is 2.21. The fourth-order valence-corrected chi connectivity index (χ4v) is 1.94. The van der Waals surface area contributed by atoms with Gasteiger partial charge in [-0.2, -0.15) is 0 Å². The maximum atomic E-state index is 6.15. The maximum Gasteiger partial charge on any atom is 0.147 e. The van der Waals surface area contributed by atoms with Gasteiger partial charge in [0.1, 0.15) is 11.5 Å². The van der Waals surface area contributed by atoms with Gasteiger partial charge in [0.15, 0.2) is 0 Å². The molecule has 1 aromatic carbocycles. The van der Waals surface area contributed by atoms with Gasteiger partial charge in [0.25, 0.3) is 0 Å². The van der Waals surface area contributed by atoms with E-state index in [-0.39, 0.29) is 0 Å². The highest BCUT2D eigenvalue weighted by atomic mass is 35.5. The standard InChI is InChI=1S/C14H16Cl2O/c1-4-6-10(3)17-14-9-12(15)11(7-5-2)8-13(14)16/h4,6,8-9H,3,5,7H2,1-2H3/b6-4-. The van der Waals surface area contributed by atoms with E-state index in [1.54, 1.807) is 12.1 Å². The molecule has 0 unspecified atom stereocenters. The predicted molar refractivity (Wildman–Crippen MR) is 75.0 cm³/mol. The molecule has 0 heterocycles. The minimum atomic E-state index is 0.536. The lowest BCUT2D eigenvalue weighted by molar-refractivity contribution is 0.447. The molecule has 0 aliphatic rings. The van der Waals surface area contributed by atoms with Crippen molar-refractivity contribution in [3.05, 3.63) is 52.2 Å². The Bertz CT molecular complexity index is 436. The number of benzene rings is 1. The highest BCUT2D eigenvalue weighted by Crippen LogP contribution is 2.32. The van der Waals surface area contributed by atoms with Gasteiger partial charge in [-0.15, -0.1) is 0 Å². The van der Waals surface area contributed by atoms with Crippen LogP contribution in [-0.2, 0) is 6.42 Å². The Morgan fingerprint density at radius 2 is 2.06 bits per heavy atom. The van der Waals surface area contributed by atoms with Crippen LogP contribution in [0.15, 0.2) is 36.6 Å². The number of hydrogen-bond acceptors (Lipinski definition) is 1. The molecule has 0 fully saturated rings. The van der Waals surface area contributed by atoms with E-state index in [2.05, 4.69) is 13.5 Å². The predicted octanol–water partition coefficient (Wildman–Crippen LogP) is 5.41. The number of rotatable bonds is 5. The van der Waals surface area contributed by atoms with Crippen LogP contribution in [-0.4, -0.2) is 0 Å². The van der Waals surface area contributed by atoms with Crippen molar-refractivity contribution in [2.45, 2.75) is 26.7 Å². The van der Waals surface area contributed by atoms with E-state index in [1.807, 2.05) is 19.1 Å². The molecule has 0 saturated carbocycles. The Kier molecular flexibility index (Phi) is 5.60. The maximum absolute atomic E-state index is 6.15. The van der Waals surface area contributed by atoms with Crippen molar-refractivity contribution in [1.29, 1.82) is 0 Å². The summed E-state index contributed by atoms with van der Waals surface area (Å²) in [4.78, 5) is 0. The normalized spacial score (nSPS) is 10.8. The average molecular weight is 271 g/mol. The molecular formula is C14H16Cl2O. The molecule has 0 bridgehead atoms. The fraction of sp³-hybridized carbons (Fsp3) is 0.286. The second-order valence-corrected chi connectivity index (χ2v) is 4.51. The Morgan fingerprint density at radius 3 is 2.65 bits per heavy atom. The summed E-state index contributed by atoms with van der Waals surface area (Å²) in [6.45, 7) is 7.75. The Labute approximate surface area is 113 Å². The molecule has 0 aliphatic heterocycles. The average Bonchev–Trinajstić information content (AvgIpc) is 2.26. The van der Waals surface area contributed by atoms with Crippen molar-refractivity contribution in [3.63, 3.8) is 0 Å². The SMILES string of the molecule is C=C(/C=C\C)Oc1cc(Cl)c(CCC)cc1Cl. The molecule has 0 N–H and O–H groups in total. The number of halogens is 2. The summed E-state index contributed by atoms with van der Waals surface area (Å²) in [5.74, 6) is 1.08. The van der Waals surface area contributed by atoms with Crippen molar-refractivity contribution in [3.8, 4) is 5.75 Å². The first-order chi connectivity index (χ1) is 8.08. The molecule has 3 heteroatoms. The first kappa shape index (κ1) is 14.1. The molecule has 0 aromatic heterocycles. The smallest absolute Gasteiger partial charge is 0.147 e. The number of allylic oxidation sites excluding steroid dienone is 2. The zero-order valence-corrected chi connectivity index (χ0v) is 11.6. The minimum absolute atomic E-state index is 0.536. The minimum Gasteiger partial charge on any atom is -0.456 e. The molecule has 0 spiro atoms. The van der Waals surface area contributed by atoms with E-state index in [0.29, 0.717) is 21.6 Å². The highest BCUT2D eigenvalue weighted by Gasteiger charge is 2.08. The van der Waals surface area contributed by atoms with Crippen molar-refractivity contribution in [2.75, 3.05) is 0 Å². The molecule has 0 aliphatic carbocycles. The van der Waals surface area contributed by atoms with Gasteiger partial charge in [0.05, 0.1) is 5.02 Å². The zero-order chi connectivity index (χ0) is 12.8. The monoisotopic (exact) mass is 270 g/mol. The molecule has 1 aromatic rings. The van der Waals surface area contributed by atoms with Gasteiger partial charge in [-0.25, -0.2) is 0 Å². The number of ether oxygens (including phenoxy) is 1. The van der Waals surface area contributed by atoms with Crippen molar-refractivity contribution < 1.29 is 4.74 Å². The molecule has 17 heavy (non-hydrogen) atoms. The Balaban J connectivity index is 2.95. The topological polar surface area (TPSA) is 9.23 Å². The molecule has 0 atom stereocenters. The van der Waals surface area contributed by atoms with E-state index >= 15 is 0 Å². The first-order valence-electron chi connectivity index (χ1n) is 5.55. The van der Waals surface area contributed by atoms with Crippen LogP contribution in [0, 0.1) is 0 Å². The van der Waals surface area contributed by atoms with Crippen molar-refractivity contribution in [1.82, 2.24) is 0 Å². The van der Waals surface area contributed by atoms with Gasteiger partial charge in [-0.3, -0.25) is 0 Å². The molecular weight excluding hydrogens is 255 g/mol. The molecule has 92 valence electrons. The summed E-state index contributed by atoms with van der Waals surface area (Å²) >= 11 is 12.3. The van der Waals surface area contributed by atoms with Crippen LogP contribution in [0.2, 0.25) is 10.0 Å². The zero-order valence-electron chi connectivity index (χ0n) is 10.1. The largest absolute Gasteiger partial charge is 0.456 e. The first-order valence-corrected chi connectivity index (χ1v) is 6.31. The number of aryl methyl sites for hydroxylation is 1. The third kappa shape index (κ3) is 4.10. The van der Waals surface area contributed by atoms with Crippen LogP contribution in [0.4, 0.5) is 0 Å². The van der Waals surface area contributed by atoms with Gasteiger partial charge in [0.2, 0.25) is 0 Å². The van der Waals surface area contributed by atoms with Crippen LogP contribution in [0.1, 0.15) is 25.8 Å². The summed E-state index contributed by atoms with van der Waals surface area (Å²) in [6, 6.07) is 3.59. The van der Waals surface area contributed by atoms with Gasteiger partial charge in [-0.1, -0.05) is 49.2 Å². The van der Waals surface area contributed by atoms with Gasteiger partial charge >= 0.3 is 0 Å². The number of hydrogen-bond donors (Lipinski definition) is 0. The van der Waals surface area contributed by atoms with Crippen LogP contribution >= 0.6 is 23.2 Å². The van der Waals surface area contributed by atoms with Crippen molar-refractivity contribution in [2.24, 2.45) is 0 Å². The summed E-state index contributed by atoms with van der Waals surface area (Å²) in [6.07, 6.45) is 5.56. The Hall–Kier alpha value is -0.920. The fourth-order valence-electron chi connectivity index (χ4n) is 1.47. The molecule has 0 amide bonds. The summed E-state index contributed by atoms with van der Waals surface area (Å²) in [7, 11) is 0. The molecule has 1 nitrogen and oxygen atoms in total. The Morgan fingerprint density at radius 1 is 1.35 bits per heavy atom. The van der Waals surface area contributed by atoms with Gasteiger partial charge in [0, 0.05) is 11.1 Å². The second kappa shape index (κ2) is 6.73. The van der Waals surface area contributed by atoms with E-state index in [0.717, 1.165) is 18.4 Å². The van der Waals surface area contributed by atoms with E-state index in [9.17, 15) is 0 Å². The van der Waals surface area contributed by atoms with E-state index in [1.165, 1.54) is 0 Å².